The predicted octanol–water partition coefficient (Wildman–Crippen LogP) is 2.46. The molecule has 2 heterocycles. The molecule has 92 valence electrons. The van der Waals surface area contributed by atoms with E-state index in [2.05, 4.69) is 4.98 Å². The normalized spacial score (nSPS) is 13.8. The first-order valence-corrected chi connectivity index (χ1v) is 5.57. The minimum atomic E-state index is -0.669. The quantitative estimate of drug-likeness (QED) is 0.787. The van der Waals surface area contributed by atoms with Crippen molar-refractivity contribution in [2.75, 3.05) is 10.6 Å². The van der Waals surface area contributed by atoms with E-state index in [1.807, 2.05) is 18.2 Å². The van der Waals surface area contributed by atoms with Gasteiger partial charge >= 0.3 is 0 Å². The van der Waals surface area contributed by atoms with E-state index in [0.717, 1.165) is 23.4 Å². The van der Waals surface area contributed by atoms with E-state index in [9.17, 15) is 8.78 Å². The number of anilines is 2. The minimum absolute atomic E-state index is 0.172. The average molecular weight is 247 g/mol. The summed E-state index contributed by atoms with van der Waals surface area (Å²) in [4.78, 5) is 5.57. The zero-order chi connectivity index (χ0) is 12.7. The molecule has 0 spiro atoms. The summed E-state index contributed by atoms with van der Waals surface area (Å²) in [6.07, 6.45) is 1.02. The molecule has 0 unspecified atom stereocenters. The maximum atomic E-state index is 13.6. The van der Waals surface area contributed by atoms with Crippen molar-refractivity contribution in [2.24, 2.45) is 0 Å². The van der Waals surface area contributed by atoms with Crippen LogP contribution in [-0.4, -0.2) is 4.98 Å². The Morgan fingerprint density at radius 2 is 1.89 bits per heavy atom. The van der Waals surface area contributed by atoms with Gasteiger partial charge in [-0.1, -0.05) is 6.07 Å². The summed E-state index contributed by atoms with van der Waals surface area (Å²) < 4.78 is 26.4. The molecule has 0 bridgehead atoms. The second kappa shape index (κ2) is 3.94. The summed E-state index contributed by atoms with van der Waals surface area (Å²) in [6.45, 7) is 1.10. The standard InChI is InChI=1S/C13H11F2N3/c14-10-4-12(15)13(17-5-10)18-6-8-1-2-11(16)3-9(8)7-18/h1-5H,6-7,16H2. The van der Waals surface area contributed by atoms with Crippen molar-refractivity contribution in [1.29, 1.82) is 0 Å². The van der Waals surface area contributed by atoms with Gasteiger partial charge in [-0.3, -0.25) is 0 Å². The van der Waals surface area contributed by atoms with Crippen molar-refractivity contribution in [3.63, 3.8) is 0 Å². The van der Waals surface area contributed by atoms with Gasteiger partial charge in [-0.15, -0.1) is 0 Å². The highest BCUT2D eigenvalue weighted by molar-refractivity contribution is 5.52. The lowest BCUT2D eigenvalue weighted by molar-refractivity contribution is 0.568. The Morgan fingerprint density at radius 3 is 2.67 bits per heavy atom. The Morgan fingerprint density at radius 1 is 1.11 bits per heavy atom. The Kier molecular flexibility index (Phi) is 2.40. The number of nitrogens with zero attached hydrogens (tertiary/aromatic N) is 2. The number of hydrogen-bond donors (Lipinski definition) is 1. The lowest BCUT2D eigenvalue weighted by atomic mass is 10.1. The summed E-state index contributed by atoms with van der Waals surface area (Å²) in [6, 6.07) is 6.46. The molecule has 1 aliphatic rings. The Hall–Kier alpha value is -2.17. The minimum Gasteiger partial charge on any atom is -0.399 e. The smallest absolute Gasteiger partial charge is 0.168 e. The van der Waals surface area contributed by atoms with Crippen molar-refractivity contribution in [3.05, 3.63) is 53.2 Å². The lowest BCUT2D eigenvalue weighted by Gasteiger charge is -2.16. The summed E-state index contributed by atoms with van der Waals surface area (Å²) in [5.74, 6) is -1.14. The third-order valence-electron chi connectivity index (χ3n) is 3.04. The number of benzene rings is 1. The van der Waals surface area contributed by atoms with Gasteiger partial charge in [0.15, 0.2) is 11.6 Å². The fraction of sp³-hybridized carbons (Fsp3) is 0.154. The van der Waals surface area contributed by atoms with Crippen LogP contribution >= 0.6 is 0 Å². The van der Waals surface area contributed by atoms with Crippen LogP contribution in [0.3, 0.4) is 0 Å². The summed E-state index contributed by atoms with van der Waals surface area (Å²) in [5.41, 5.74) is 8.54. The van der Waals surface area contributed by atoms with Crippen LogP contribution in [0.2, 0.25) is 0 Å². The topological polar surface area (TPSA) is 42.1 Å². The molecular formula is C13H11F2N3. The third kappa shape index (κ3) is 1.77. The Labute approximate surface area is 103 Å². The van der Waals surface area contributed by atoms with Crippen molar-refractivity contribution < 1.29 is 8.78 Å². The summed E-state index contributed by atoms with van der Waals surface area (Å²) in [7, 11) is 0. The highest BCUT2D eigenvalue weighted by Crippen LogP contribution is 2.29. The van der Waals surface area contributed by atoms with Crippen LogP contribution in [0.25, 0.3) is 0 Å². The van der Waals surface area contributed by atoms with Crippen molar-refractivity contribution >= 4 is 11.5 Å². The molecule has 0 atom stereocenters. The lowest BCUT2D eigenvalue weighted by Crippen LogP contribution is -2.17. The third-order valence-corrected chi connectivity index (χ3v) is 3.04. The second-order valence-electron chi connectivity index (χ2n) is 4.34. The van der Waals surface area contributed by atoms with Crippen LogP contribution in [0.15, 0.2) is 30.5 Å². The molecule has 3 rings (SSSR count). The fourth-order valence-electron chi connectivity index (χ4n) is 2.20. The van der Waals surface area contributed by atoms with E-state index in [0.29, 0.717) is 18.8 Å². The molecule has 0 saturated carbocycles. The van der Waals surface area contributed by atoms with Gasteiger partial charge in [-0.05, 0) is 23.3 Å². The van der Waals surface area contributed by atoms with Crippen molar-refractivity contribution in [2.45, 2.75) is 13.1 Å². The van der Waals surface area contributed by atoms with E-state index >= 15 is 0 Å². The molecule has 5 heteroatoms. The van der Waals surface area contributed by atoms with Gasteiger partial charge in [0, 0.05) is 24.8 Å². The maximum absolute atomic E-state index is 13.6. The Balaban J connectivity index is 1.93. The van der Waals surface area contributed by atoms with Gasteiger partial charge in [0.05, 0.1) is 6.20 Å². The van der Waals surface area contributed by atoms with Crippen LogP contribution in [-0.2, 0) is 13.1 Å². The molecule has 1 aliphatic heterocycles. The number of nitrogen functional groups attached to an aromatic ring is 1. The molecule has 1 aromatic carbocycles. The molecule has 0 saturated heterocycles. The maximum Gasteiger partial charge on any atom is 0.168 e. The van der Waals surface area contributed by atoms with Crippen molar-refractivity contribution in [3.8, 4) is 0 Å². The van der Waals surface area contributed by atoms with Gasteiger partial charge in [0.25, 0.3) is 0 Å². The van der Waals surface area contributed by atoms with E-state index in [1.165, 1.54) is 0 Å². The first kappa shape index (κ1) is 11.0. The number of fused-ring (bicyclic) bond motifs is 1. The van der Waals surface area contributed by atoms with E-state index in [-0.39, 0.29) is 5.82 Å². The van der Waals surface area contributed by atoms with Crippen molar-refractivity contribution in [1.82, 2.24) is 4.98 Å². The number of rotatable bonds is 1. The number of hydrogen-bond acceptors (Lipinski definition) is 3. The molecule has 0 aliphatic carbocycles. The first-order chi connectivity index (χ1) is 8.63. The number of nitrogens with two attached hydrogens (primary N) is 1. The number of pyridine rings is 1. The molecule has 2 N–H and O–H groups in total. The van der Waals surface area contributed by atoms with Crippen LogP contribution < -0.4 is 10.6 Å². The van der Waals surface area contributed by atoms with Crippen LogP contribution in [0, 0.1) is 11.6 Å². The van der Waals surface area contributed by atoms with E-state index in [1.54, 1.807) is 4.90 Å². The van der Waals surface area contributed by atoms with Gasteiger partial charge in [0.1, 0.15) is 5.82 Å². The van der Waals surface area contributed by atoms with Gasteiger partial charge in [-0.2, -0.15) is 0 Å². The SMILES string of the molecule is Nc1ccc2c(c1)CN(c1ncc(F)cc1F)C2. The molecule has 0 fully saturated rings. The molecule has 18 heavy (non-hydrogen) atoms. The zero-order valence-corrected chi connectivity index (χ0v) is 9.53. The monoisotopic (exact) mass is 247 g/mol. The predicted molar refractivity (Wildman–Crippen MR) is 64.9 cm³/mol. The summed E-state index contributed by atoms with van der Waals surface area (Å²) in [5, 5.41) is 0. The average Bonchev–Trinajstić information content (AvgIpc) is 2.71. The van der Waals surface area contributed by atoms with E-state index < -0.39 is 11.6 Å². The second-order valence-corrected chi connectivity index (χ2v) is 4.34. The van der Waals surface area contributed by atoms with Gasteiger partial charge in [0.2, 0.25) is 0 Å². The molecular weight excluding hydrogens is 236 g/mol. The first-order valence-electron chi connectivity index (χ1n) is 5.57. The van der Waals surface area contributed by atoms with Gasteiger partial charge < -0.3 is 10.6 Å². The molecule has 2 aromatic rings. The highest BCUT2D eigenvalue weighted by atomic mass is 19.1. The van der Waals surface area contributed by atoms with E-state index in [4.69, 9.17) is 5.73 Å². The summed E-state index contributed by atoms with van der Waals surface area (Å²) >= 11 is 0. The fourth-order valence-corrected chi connectivity index (χ4v) is 2.20. The largest absolute Gasteiger partial charge is 0.399 e. The van der Waals surface area contributed by atoms with Crippen LogP contribution in [0.1, 0.15) is 11.1 Å². The number of halogens is 2. The molecule has 0 amide bonds. The highest BCUT2D eigenvalue weighted by Gasteiger charge is 2.22. The zero-order valence-electron chi connectivity index (χ0n) is 9.53. The van der Waals surface area contributed by atoms with Crippen LogP contribution in [0.4, 0.5) is 20.3 Å². The molecule has 3 nitrogen and oxygen atoms in total. The number of aromatic nitrogens is 1. The molecule has 1 aromatic heterocycles. The van der Waals surface area contributed by atoms with Gasteiger partial charge in [-0.25, -0.2) is 13.8 Å². The molecule has 0 radical (unpaired) electrons. The Bertz CT molecular complexity index is 613. The van der Waals surface area contributed by atoms with Crippen LogP contribution in [0.5, 0.6) is 0 Å².